The van der Waals surface area contributed by atoms with Gasteiger partial charge in [-0.1, -0.05) is 0 Å². The zero-order chi connectivity index (χ0) is 9.72. The quantitative estimate of drug-likeness (QED) is 0.596. The van der Waals surface area contributed by atoms with Crippen LogP contribution in [0.2, 0.25) is 0 Å². The van der Waals surface area contributed by atoms with Crippen LogP contribution >= 0.6 is 0 Å². The van der Waals surface area contributed by atoms with Gasteiger partial charge in [0.05, 0.1) is 0 Å². The molecule has 0 bridgehead atoms. The summed E-state index contributed by atoms with van der Waals surface area (Å²) in [5.74, 6) is 0.424. The highest BCUT2D eigenvalue weighted by molar-refractivity contribution is 5.78. The molecule has 0 heterocycles. The summed E-state index contributed by atoms with van der Waals surface area (Å²) in [7, 11) is 7.97. The first-order valence-electron chi connectivity index (χ1n) is 4.23. The van der Waals surface area contributed by atoms with E-state index >= 15 is 0 Å². The van der Waals surface area contributed by atoms with Crippen molar-refractivity contribution in [3.05, 3.63) is 0 Å². The summed E-state index contributed by atoms with van der Waals surface area (Å²) in [4.78, 5) is 15.3. The number of ketones is 1. The van der Waals surface area contributed by atoms with Crippen molar-refractivity contribution in [3.63, 3.8) is 0 Å². The lowest BCUT2D eigenvalue weighted by Crippen LogP contribution is -2.34. The van der Waals surface area contributed by atoms with Crippen LogP contribution in [0.1, 0.15) is 6.92 Å². The van der Waals surface area contributed by atoms with Crippen LogP contribution in [0.3, 0.4) is 0 Å². The molecule has 0 aromatic heterocycles. The Bertz CT molecular complexity index is 133. The molecule has 0 aliphatic carbocycles. The molecule has 0 fully saturated rings. The first-order valence-corrected chi connectivity index (χ1v) is 4.23. The summed E-state index contributed by atoms with van der Waals surface area (Å²) in [6.07, 6.45) is 0. The smallest absolute Gasteiger partial charge is 0.135 e. The molecule has 0 saturated carbocycles. The molecule has 0 N–H and O–H groups in total. The van der Waals surface area contributed by atoms with Crippen LogP contribution in [-0.2, 0) is 4.79 Å². The summed E-state index contributed by atoms with van der Waals surface area (Å²) in [5.41, 5.74) is 0. The highest BCUT2D eigenvalue weighted by Crippen LogP contribution is 2.01. The lowest BCUT2D eigenvalue weighted by atomic mass is 10.0. The van der Waals surface area contributed by atoms with Gasteiger partial charge in [-0.3, -0.25) is 4.79 Å². The minimum absolute atomic E-state index is 0.148. The van der Waals surface area contributed by atoms with Crippen LogP contribution in [0.15, 0.2) is 0 Å². The molecule has 0 unspecified atom stereocenters. The van der Waals surface area contributed by atoms with Gasteiger partial charge in [0, 0.05) is 19.0 Å². The summed E-state index contributed by atoms with van der Waals surface area (Å²) >= 11 is 0. The van der Waals surface area contributed by atoms with E-state index in [4.69, 9.17) is 0 Å². The highest BCUT2D eigenvalue weighted by Gasteiger charge is 2.15. The van der Waals surface area contributed by atoms with Crippen molar-refractivity contribution in [3.8, 4) is 0 Å². The van der Waals surface area contributed by atoms with E-state index in [1.54, 1.807) is 6.92 Å². The fourth-order valence-corrected chi connectivity index (χ4v) is 1.20. The van der Waals surface area contributed by atoms with Crippen molar-refractivity contribution in [1.29, 1.82) is 0 Å². The first kappa shape index (κ1) is 11.6. The molecular formula is C9H20N2O. The Balaban J connectivity index is 3.96. The molecule has 12 heavy (non-hydrogen) atoms. The van der Waals surface area contributed by atoms with E-state index in [0.29, 0.717) is 0 Å². The fraction of sp³-hybridized carbons (Fsp3) is 0.889. The molecule has 72 valence electrons. The second kappa shape index (κ2) is 5.27. The van der Waals surface area contributed by atoms with Crippen LogP contribution in [0.4, 0.5) is 0 Å². The third-order valence-corrected chi connectivity index (χ3v) is 1.75. The maximum absolute atomic E-state index is 11.2. The number of nitrogens with zero attached hydrogens (tertiary/aromatic N) is 2. The van der Waals surface area contributed by atoms with E-state index in [-0.39, 0.29) is 11.7 Å². The molecule has 0 amide bonds. The van der Waals surface area contributed by atoms with E-state index in [9.17, 15) is 4.79 Å². The molecule has 0 radical (unpaired) electrons. The predicted molar refractivity (Wildman–Crippen MR) is 51.3 cm³/mol. The van der Waals surface area contributed by atoms with Gasteiger partial charge in [-0.15, -0.1) is 0 Å². The Labute approximate surface area is 75.3 Å². The van der Waals surface area contributed by atoms with Gasteiger partial charge in [0.25, 0.3) is 0 Å². The summed E-state index contributed by atoms with van der Waals surface area (Å²) in [6, 6.07) is 0. The summed E-state index contributed by atoms with van der Waals surface area (Å²) < 4.78 is 0. The van der Waals surface area contributed by atoms with Crippen molar-refractivity contribution in [2.24, 2.45) is 5.92 Å². The van der Waals surface area contributed by atoms with Crippen LogP contribution < -0.4 is 0 Å². The van der Waals surface area contributed by atoms with Gasteiger partial charge in [-0.2, -0.15) is 0 Å². The van der Waals surface area contributed by atoms with E-state index in [0.717, 1.165) is 13.1 Å². The average Bonchev–Trinajstić information content (AvgIpc) is 1.83. The van der Waals surface area contributed by atoms with Gasteiger partial charge in [0.15, 0.2) is 0 Å². The highest BCUT2D eigenvalue weighted by atomic mass is 16.1. The predicted octanol–water partition coefficient (Wildman–Crippen LogP) is 0.315. The Hall–Kier alpha value is -0.410. The van der Waals surface area contributed by atoms with Crippen LogP contribution in [0, 0.1) is 5.92 Å². The zero-order valence-electron chi connectivity index (χ0n) is 8.79. The third kappa shape index (κ3) is 5.27. The maximum atomic E-state index is 11.2. The lowest BCUT2D eigenvalue weighted by Gasteiger charge is -2.21. The van der Waals surface area contributed by atoms with Crippen LogP contribution in [-0.4, -0.2) is 56.9 Å². The van der Waals surface area contributed by atoms with Crippen molar-refractivity contribution >= 4 is 5.78 Å². The Morgan fingerprint density at radius 3 is 1.58 bits per heavy atom. The standard InChI is InChI=1S/C9H20N2O/c1-8(12)9(6-10(2)3)7-11(4)5/h9H,6-7H2,1-5H3. The van der Waals surface area contributed by atoms with Crippen molar-refractivity contribution < 1.29 is 4.79 Å². The number of rotatable bonds is 5. The molecule has 3 nitrogen and oxygen atoms in total. The number of carbonyl (C=O) groups is 1. The van der Waals surface area contributed by atoms with Gasteiger partial charge >= 0.3 is 0 Å². The van der Waals surface area contributed by atoms with Gasteiger partial charge in [-0.05, 0) is 35.1 Å². The van der Waals surface area contributed by atoms with E-state index in [2.05, 4.69) is 9.80 Å². The second-order valence-electron chi connectivity index (χ2n) is 3.83. The number of hydrogen-bond acceptors (Lipinski definition) is 3. The summed E-state index contributed by atoms with van der Waals surface area (Å²) in [5, 5.41) is 0. The molecule has 0 aliphatic rings. The second-order valence-corrected chi connectivity index (χ2v) is 3.83. The van der Waals surface area contributed by atoms with E-state index in [1.165, 1.54) is 0 Å². The first-order chi connectivity index (χ1) is 5.43. The average molecular weight is 172 g/mol. The normalized spacial score (nSPS) is 11.7. The number of Topliss-reactive ketones (excluding diaryl/α,β-unsaturated/α-hetero) is 1. The van der Waals surface area contributed by atoms with E-state index < -0.39 is 0 Å². The van der Waals surface area contributed by atoms with Crippen molar-refractivity contribution in [2.75, 3.05) is 41.3 Å². The Morgan fingerprint density at radius 1 is 1.08 bits per heavy atom. The summed E-state index contributed by atoms with van der Waals surface area (Å²) in [6.45, 7) is 3.35. The monoisotopic (exact) mass is 172 g/mol. The largest absolute Gasteiger partial charge is 0.309 e. The third-order valence-electron chi connectivity index (χ3n) is 1.75. The van der Waals surface area contributed by atoms with Gasteiger partial charge < -0.3 is 9.80 Å². The molecule has 0 atom stereocenters. The molecule has 0 rings (SSSR count). The van der Waals surface area contributed by atoms with Crippen LogP contribution in [0.25, 0.3) is 0 Å². The van der Waals surface area contributed by atoms with Crippen molar-refractivity contribution in [1.82, 2.24) is 9.80 Å². The molecule has 0 aromatic rings. The SMILES string of the molecule is CC(=O)C(CN(C)C)CN(C)C. The molecule has 0 aliphatic heterocycles. The topological polar surface area (TPSA) is 23.6 Å². The Morgan fingerprint density at radius 2 is 1.42 bits per heavy atom. The number of hydrogen-bond donors (Lipinski definition) is 0. The zero-order valence-corrected chi connectivity index (χ0v) is 8.79. The van der Waals surface area contributed by atoms with Crippen LogP contribution in [0.5, 0.6) is 0 Å². The minimum atomic E-state index is 0.148. The molecule has 3 heteroatoms. The maximum Gasteiger partial charge on any atom is 0.135 e. The van der Waals surface area contributed by atoms with Gasteiger partial charge in [0.2, 0.25) is 0 Å². The molecule has 0 spiro atoms. The fourth-order valence-electron chi connectivity index (χ4n) is 1.20. The number of carbonyl (C=O) groups excluding carboxylic acids is 1. The minimum Gasteiger partial charge on any atom is -0.309 e. The Kier molecular flexibility index (Phi) is 5.09. The lowest BCUT2D eigenvalue weighted by molar-refractivity contribution is -0.121. The van der Waals surface area contributed by atoms with Crippen molar-refractivity contribution in [2.45, 2.75) is 6.92 Å². The molecule has 0 saturated heterocycles. The molecule has 0 aromatic carbocycles. The van der Waals surface area contributed by atoms with E-state index in [1.807, 2.05) is 28.2 Å². The van der Waals surface area contributed by atoms with Gasteiger partial charge in [0.1, 0.15) is 5.78 Å². The van der Waals surface area contributed by atoms with Gasteiger partial charge in [-0.25, -0.2) is 0 Å². The molecular weight excluding hydrogens is 152 g/mol.